The second kappa shape index (κ2) is 8.26. The SMILES string of the molecule is Cc1c(OC(=O)CCc2cc(Cl)no2)ccc2c1O/C(=C\c1cn(C)c3ccccc13)C2=O. The maximum absolute atomic E-state index is 13.0. The third-order valence-corrected chi connectivity index (χ3v) is 5.76. The topological polar surface area (TPSA) is 83.6 Å². The van der Waals surface area contributed by atoms with Gasteiger partial charge in [0.15, 0.2) is 10.9 Å². The lowest BCUT2D eigenvalue weighted by molar-refractivity contribution is -0.134. The molecule has 4 aromatic rings. The van der Waals surface area contributed by atoms with Crippen LogP contribution in [0.25, 0.3) is 17.0 Å². The van der Waals surface area contributed by atoms with Crippen LogP contribution in [0.5, 0.6) is 11.5 Å². The summed E-state index contributed by atoms with van der Waals surface area (Å²) >= 11 is 5.72. The fraction of sp³-hybridized carbons (Fsp3) is 0.160. The zero-order valence-electron chi connectivity index (χ0n) is 17.9. The normalized spacial score (nSPS) is 14.0. The first-order valence-electron chi connectivity index (χ1n) is 10.3. The number of aromatic nitrogens is 2. The number of ether oxygens (including phenoxy) is 2. The van der Waals surface area contributed by atoms with E-state index in [9.17, 15) is 9.59 Å². The van der Waals surface area contributed by atoms with Crippen LogP contribution in [0.15, 0.2) is 58.9 Å². The Morgan fingerprint density at radius 3 is 2.85 bits per heavy atom. The standard InChI is InChI=1S/C25H19ClN2O5/c1-14-20(31-23(29)10-7-16-12-22(26)27-33-16)9-8-18-24(30)21(32-25(14)18)11-15-13-28(2)19-6-4-3-5-17(15)19/h3-6,8-9,11-13H,7,10H2,1-2H3/b21-11-. The van der Waals surface area contributed by atoms with E-state index >= 15 is 0 Å². The number of esters is 1. The highest BCUT2D eigenvalue weighted by Crippen LogP contribution is 2.40. The molecule has 0 bridgehead atoms. The molecule has 0 spiro atoms. The summed E-state index contributed by atoms with van der Waals surface area (Å²) in [7, 11) is 1.96. The number of Topliss-reactive ketones (excluding diaryl/α,β-unsaturated/α-hetero) is 1. The van der Waals surface area contributed by atoms with Crippen LogP contribution in [-0.2, 0) is 18.3 Å². The Hall–Kier alpha value is -3.84. The highest BCUT2D eigenvalue weighted by atomic mass is 35.5. The number of hydrogen-bond acceptors (Lipinski definition) is 6. The Bertz CT molecular complexity index is 1450. The van der Waals surface area contributed by atoms with Crippen molar-refractivity contribution >= 4 is 40.3 Å². The smallest absolute Gasteiger partial charge is 0.311 e. The molecule has 0 N–H and O–H groups in total. The third-order valence-electron chi connectivity index (χ3n) is 5.58. The van der Waals surface area contributed by atoms with Crippen molar-refractivity contribution in [1.29, 1.82) is 0 Å². The first kappa shape index (κ1) is 21.0. The van der Waals surface area contributed by atoms with E-state index in [2.05, 4.69) is 5.16 Å². The molecular weight excluding hydrogens is 444 g/mol. The van der Waals surface area contributed by atoms with E-state index in [-0.39, 0.29) is 23.1 Å². The molecular formula is C25H19ClN2O5. The van der Waals surface area contributed by atoms with Crippen molar-refractivity contribution in [3.63, 3.8) is 0 Å². The van der Waals surface area contributed by atoms with Gasteiger partial charge in [-0.2, -0.15) is 0 Å². The largest absolute Gasteiger partial charge is 0.452 e. The first-order valence-corrected chi connectivity index (χ1v) is 10.7. The monoisotopic (exact) mass is 462 g/mol. The zero-order chi connectivity index (χ0) is 23.1. The molecule has 166 valence electrons. The second-order valence-electron chi connectivity index (χ2n) is 7.81. The van der Waals surface area contributed by atoms with Crippen molar-refractivity contribution in [2.75, 3.05) is 0 Å². The number of allylic oxidation sites excluding steroid dienone is 1. The summed E-state index contributed by atoms with van der Waals surface area (Å²) in [5.74, 6) is 0.824. The molecule has 0 radical (unpaired) electrons. The number of para-hydroxylation sites is 1. The Kier molecular flexibility index (Phi) is 5.26. The Morgan fingerprint density at radius 2 is 2.06 bits per heavy atom. The molecule has 0 unspecified atom stereocenters. The molecule has 0 aliphatic carbocycles. The summed E-state index contributed by atoms with van der Waals surface area (Å²) in [6.45, 7) is 1.76. The van der Waals surface area contributed by atoms with Gasteiger partial charge in [-0.15, -0.1) is 0 Å². The van der Waals surface area contributed by atoms with Crippen LogP contribution >= 0.6 is 11.6 Å². The predicted molar refractivity (Wildman–Crippen MR) is 123 cm³/mol. The molecule has 3 heterocycles. The lowest BCUT2D eigenvalue weighted by Crippen LogP contribution is -2.10. The van der Waals surface area contributed by atoms with E-state index in [0.717, 1.165) is 16.5 Å². The molecule has 5 rings (SSSR count). The van der Waals surface area contributed by atoms with Gasteiger partial charge in [0.25, 0.3) is 0 Å². The fourth-order valence-corrected chi connectivity index (χ4v) is 4.07. The van der Waals surface area contributed by atoms with Gasteiger partial charge in [-0.05, 0) is 31.2 Å². The van der Waals surface area contributed by atoms with Crippen molar-refractivity contribution in [2.24, 2.45) is 7.05 Å². The minimum Gasteiger partial charge on any atom is -0.452 e. The molecule has 0 amide bonds. The van der Waals surface area contributed by atoms with Gasteiger partial charge >= 0.3 is 5.97 Å². The van der Waals surface area contributed by atoms with Crippen LogP contribution in [0, 0.1) is 6.92 Å². The van der Waals surface area contributed by atoms with Gasteiger partial charge < -0.3 is 18.6 Å². The Balaban J connectivity index is 1.36. The molecule has 7 nitrogen and oxygen atoms in total. The quantitative estimate of drug-likeness (QED) is 0.228. The summed E-state index contributed by atoms with van der Waals surface area (Å²) in [5.41, 5.74) is 2.97. The molecule has 2 aromatic heterocycles. The lowest BCUT2D eigenvalue weighted by Gasteiger charge is -2.09. The van der Waals surface area contributed by atoms with Crippen molar-refractivity contribution in [3.05, 3.63) is 82.0 Å². The number of carbonyl (C=O) groups is 2. The zero-order valence-corrected chi connectivity index (χ0v) is 18.7. The molecule has 8 heteroatoms. The van der Waals surface area contributed by atoms with Gasteiger partial charge in [-0.3, -0.25) is 9.59 Å². The van der Waals surface area contributed by atoms with E-state index < -0.39 is 5.97 Å². The first-order chi connectivity index (χ1) is 15.9. The average molecular weight is 463 g/mol. The second-order valence-corrected chi connectivity index (χ2v) is 8.19. The predicted octanol–water partition coefficient (Wildman–Crippen LogP) is 5.28. The fourth-order valence-electron chi connectivity index (χ4n) is 3.91. The van der Waals surface area contributed by atoms with E-state index in [0.29, 0.717) is 34.8 Å². The van der Waals surface area contributed by atoms with Crippen LogP contribution in [0.1, 0.15) is 33.7 Å². The van der Waals surface area contributed by atoms with E-state index in [4.69, 9.17) is 25.6 Å². The Morgan fingerprint density at radius 1 is 1.24 bits per heavy atom. The number of carbonyl (C=O) groups excluding carboxylic acids is 2. The van der Waals surface area contributed by atoms with Crippen LogP contribution in [0.2, 0.25) is 5.15 Å². The van der Waals surface area contributed by atoms with Gasteiger partial charge in [-0.1, -0.05) is 35.0 Å². The van der Waals surface area contributed by atoms with Crippen molar-refractivity contribution < 1.29 is 23.6 Å². The van der Waals surface area contributed by atoms with Crippen LogP contribution in [0.3, 0.4) is 0 Å². The number of aryl methyl sites for hydroxylation is 2. The summed E-state index contributed by atoms with van der Waals surface area (Å²) in [6, 6.07) is 12.7. The molecule has 0 fully saturated rings. The number of hydrogen-bond donors (Lipinski definition) is 0. The lowest BCUT2D eigenvalue weighted by atomic mass is 10.1. The van der Waals surface area contributed by atoms with Gasteiger partial charge in [-0.25, -0.2) is 0 Å². The van der Waals surface area contributed by atoms with Crippen LogP contribution in [-0.4, -0.2) is 21.5 Å². The molecule has 0 saturated carbocycles. The van der Waals surface area contributed by atoms with Crippen LogP contribution < -0.4 is 9.47 Å². The Labute approximate surface area is 194 Å². The highest BCUT2D eigenvalue weighted by Gasteiger charge is 2.31. The van der Waals surface area contributed by atoms with Crippen molar-refractivity contribution in [2.45, 2.75) is 19.8 Å². The number of rotatable bonds is 5. The number of benzene rings is 2. The van der Waals surface area contributed by atoms with Gasteiger partial charge in [0.05, 0.1) is 12.0 Å². The van der Waals surface area contributed by atoms with E-state index in [1.165, 1.54) is 0 Å². The molecule has 0 atom stereocenters. The van der Waals surface area contributed by atoms with Gasteiger partial charge in [0, 0.05) is 47.8 Å². The molecule has 1 aliphatic heterocycles. The maximum atomic E-state index is 13.0. The minimum atomic E-state index is -0.443. The van der Waals surface area contributed by atoms with Crippen molar-refractivity contribution in [3.8, 4) is 11.5 Å². The number of nitrogens with zero attached hydrogens (tertiary/aromatic N) is 2. The van der Waals surface area contributed by atoms with Crippen molar-refractivity contribution in [1.82, 2.24) is 9.72 Å². The third kappa shape index (κ3) is 3.91. The van der Waals surface area contributed by atoms with E-state index in [1.807, 2.05) is 42.1 Å². The summed E-state index contributed by atoms with van der Waals surface area (Å²) < 4.78 is 18.4. The maximum Gasteiger partial charge on any atom is 0.311 e. The highest BCUT2D eigenvalue weighted by molar-refractivity contribution is 6.29. The molecule has 2 aromatic carbocycles. The van der Waals surface area contributed by atoms with E-state index in [1.54, 1.807) is 31.2 Å². The average Bonchev–Trinajstić information content (AvgIpc) is 3.46. The molecule has 0 saturated heterocycles. The molecule has 33 heavy (non-hydrogen) atoms. The summed E-state index contributed by atoms with van der Waals surface area (Å²) in [4.78, 5) is 25.3. The summed E-state index contributed by atoms with van der Waals surface area (Å²) in [6.07, 6.45) is 4.11. The van der Waals surface area contributed by atoms with Crippen LogP contribution in [0.4, 0.5) is 0 Å². The van der Waals surface area contributed by atoms with Gasteiger partial charge in [0.1, 0.15) is 17.3 Å². The summed E-state index contributed by atoms with van der Waals surface area (Å²) in [5, 5.41) is 4.84. The number of ketones is 1. The number of fused-ring (bicyclic) bond motifs is 2. The number of halogens is 1. The van der Waals surface area contributed by atoms with Gasteiger partial charge in [0.2, 0.25) is 5.78 Å². The minimum absolute atomic E-state index is 0.0913. The molecule has 1 aliphatic rings.